The second-order valence-electron chi connectivity index (χ2n) is 9.38. The van der Waals surface area contributed by atoms with Crippen LogP contribution in [0.2, 0.25) is 10.0 Å². The summed E-state index contributed by atoms with van der Waals surface area (Å²) >= 11 is 12.8. The quantitative estimate of drug-likeness (QED) is 0.501. The van der Waals surface area contributed by atoms with Crippen LogP contribution in [0, 0.1) is 11.8 Å². The van der Waals surface area contributed by atoms with Crippen molar-refractivity contribution >= 4 is 29.1 Å². The first-order valence-electron chi connectivity index (χ1n) is 11.7. The van der Waals surface area contributed by atoms with Crippen LogP contribution in [0.3, 0.4) is 0 Å². The SMILES string of the molecule is CC(C)CN(Cc1cc(Cl)c2c(c1)OCCCO2)C(=O)[C@@H]1CCN(Cc2ccccc2Cl)C1. The van der Waals surface area contributed by atoms with Crippen molar-refractivity contribution in [2.75, 3.05) is 32.8 Å². The third-order valence-corrected chi connectivity index (χ3v) is 6.76. The van der Waals surface area contributed by atoms with Crippen molar-refractivity contribution in [3.8, 4) is 11.5 Å². The van der Waals surface area contributed by atoms with Gasteiger partial charge in [0.05, 0.1) is 24.2 Å². The zero-order chi connectivity index (χ0) is 23.4. The third-order valence-electron chi connectivity index (χ3n) is 6.11. The standard InChI is InChI=1S/C26H32Cl2N2O3/c1-18(2)14-30(15-19-12-23(28)25-24(13-19)32-10-5-11-33-25)26(31)21-8-9-29(17-21)16-20-6-3-4-7-22(20)27/h3-4,6-7,12-13,18,21H,5,8-11,14-17H2,1-2H3/t21-/m1/s1. The number of halogens is 2. The molecule has 1 amide bonds. The van der Waals surface area contributed by atoms with E-state index in [0.29, 0.717) is 48.7 Å². The number of likely N-dealkylation sites (tertiary alicyclic amines) is 1. The van der Waals surface area contributed by atoms with Gasteiger partial charge in [0.1, 0.15) is 0 Å². The highest BCUT2D eigenvalue weighted by Gasteiger charge is 2.32. The lowest BCUT2D eigenvalue weighted by Gasteiger charge is -2.28. The molecule has 7 heteroatoms. The molecular weight excluding hydrogens is 459 g/mol. The van der Waals surface area contributed by atoms with Crippen LogP contribution in [0.1, 0.15) is 37.8 Å². The van der Waals surface area contributed by atoms with Crippen molar-refractivity contribution in [1.29, 1.82) is 0 Å². The fourth-order valence-corrected chi connectivity index (χ4v) is 5.06. The number of hydrogen-bond acceptors (Lipinski definition) is 4. The van der Waals surface area contributed by atoms with Crippen LogP contribution in [0.25, 0.3) is 0 Å². The van der Waals surface area contributed by atoms with E-state index in [4.69, 9.17) is 32.7 Å². The second kappa shape index (κ2) is 11.0. The maximum atomic E-state index is 13.6. The molecule has 2 aliphatic rings. The number of carbonyl (C=O) groups is 1. The smallest absolute Gasteiger partial charge is 0.227 e. The molecule has 2 aromatic carbocycles. The summed E-state index contributed by atoms with van der Waals surface area (Å²) in [4.78, 5) is 17.9. The monoisotopic (exact) mass is 490 g/mol. The molecule has 33 heavy (non-hydrogen) atoms. The molecule has 178 valence electrons. The van der Waals surface area contributed by atoms with E-state index in [0.717, 1.165) is 48.6 Å². The van der Waals surface area contributed by atoms with Gasteiger partial charge in [0.2, 0.25) is 5.91 Å². The molecule has 0 saturated carbocycles. The first kappa shape index (κ1) is 24.2. The molecule has 2 aromatic rings. The highest BCUT2D eigenvalue weighted by molar-refractivity contribution is 6.32. The maximum Gasteiger partial charge on any atom is 0.227 e. The highest BCUT2D eigenvalue weighted by Crippen LogP contribution is 2.38. The van der Waals surface area contributed by atoms with Gasteiger partial charge in [0.15, 0.2) is 11.5 Å². The van der Waals surface area contributed by atoms with Crippen molar-refractivity contribution in [3.05, 3.63) is 57.6 Å². The number of fused-ring (bicyclic) bond motifs is 1. The molecule has 1 fully saturated rings. The van der Waals surface area contributed by atoms with Gasteiger partial charge in [-0.25, -0.2) is 0 Å². The molecule has 0 spiro atoms. The van der Waals surface area contributed by atoms with Gasteiger partial charge in [-0.15, -0.1) is 0 Å². The molecule has 0 radical (unpaired) electrons. The Balaban J connectivity index is 1.45. The van der Waals surface area contributed by atoms with Gasteiger partial charge in [-0.2, -0.15) is 0 Å². The summed E-state index contributed by atoms with van der Waals surface area (Å²) in [6.45, 7) is 9.10. The number of carbonyl (C=O) groups excluding carboxylic acids is 1. The zero-order valence-corrected chi connectivity index (χ0v) is 20.9. The lowest BCUT2D eigenvalue weighted by Crippen LogP contribution is -2.39. The first-order chi connectivity index (χ1) is 15.9. The Morgan fingerprint density at radius 3 is 2.73 bits per heavy atom. The number of ether oxygens (including phenoxy) is 2. The van der Waals surface area contributed by atoms with Crippen molar-refractivity contribution in [1.82, 2.24) is 9.80 Å². The first-order valence-corrected chi connectivity index (χ1v) is 12.5. The Kier molecular flexibility index (Phi) is 8.05. The molecule has 1 saturated heterocycles. The van der Waals surface area contributed by atoms with Crippen molar-refractivity contribution in [3.63, 3.8) is 0 Å². The minimum Gasteiger partial charge on any atom is -0.489 e. The van der Waals surface area contributed by atoms with Gasteiger partial charge in [0.25, 0.3) is 0 Å². The Hall–Kier alpha value is -1.95. The summed E-state index contributed by atoms with van der Waals surface area (Å²) in [5.74, 6) is 1.82. The summed E-state index contributed by atoms with van der Waals surface area (Å²) in [6.07, 6.45) is 1.68. The van der Waals surface area contributed by atoms with Gasteiger partial charge in [-0.05, 0) is 48.2 Å². The topological polar surface area (TPSA) is 42.0 Å². The fourth-order valence-electron chi connectivity index (χ4n) is 4.57. The van der Waals surface area contributed by atoms with Crippen LogP contribution in [-0.2, 0) is 17.9 Å². The van der Waals surface area contributed by atoms with Crippen molar-refractivity contribution < 1.29 is 14.3 Å². The molecule has 0 bridgehead atoms. The molecule has 5 nitrogen and oxygen atoms in total. The number of amides is 1. The van der Waals surface area contributed by atoms with Crippen LogP contribution < -0.4 is 9.47 Å². The Morgan fingerprint density at radius 2 is 1.94 bits per heavy atom. The fraction of sp³-hybridized carbons (Fsp3) is 0.500. The Morgan fingerprint density at radius 1 is 1.15 bits per heavy atom. The summed E-state index contributed by atoms with van der Waals surface area (Å²) in [5, 5.41) is 1.31. The van der Waals surface area contributed by atoms with Crippen molar-refractivity contribution in [2.24, 2.45) is 11.8 Å². The second-order valence-corrected chi connectivity index (χ2v) is 10.2. The summed E-state index contributed by atoms with van der Waals surface area (Å²) in [6, 6.07) is 11.8. The van der Waals surface area contributed by atoms with Crippen LogP contribution in [0.15, 0.2) is 36.4 Å². The molecule has 0 aromatic heterocycles. The van der Waals surface area contributed by atoms with Crippen LogP contribution in [0.5, 0.6) is 11.5 Å². The Labute approximate surface area is 206 Å². The third kappa shape index (κ3) is 6.14. The summed E-state index contributed by atoms with van der Waals surface area (Å²) < 4.78 is 11.6. The van der Waals surface area contributed by atoms with Crippen LogP contribution in [0.4, 0.5) is 0 Å². The van der Waals surface area contributed by atoms with E-state index in [1.54, 1.807) is 0 Å². The van der Waals surface area contributed by atoms with E-state index >= 15 is 0 Å². The molecule has 2 heterocycles. The molecule has 2 aliphatic heterocycles. The lowest BCUT2D eigenvalue weighted by atomic mass is 10.0. The highest BCUT2D eigenvalue weighted by atomic mass is 35.5. The normalized spacial score (nSPS) is 18.4. The largest absolute Gasteiger partial charge is 0.489 e. The average molecular weight is 491 g/mol. The van der Waals surface area contributed by atoms with E-state index in [1.165, 1.54) is 0 Å². The average Bonchev–Trinajstić information content (AvgIpc) is 3.10. The van der Waals surface area contributed by atoms with E-state index in [2.05, 4.69) is 24.8 Å². The molecule has 1 atom stereocenters. The number of benzene rings is 2. The summed E-state index contributed by atoms with van der Waals surface area (Å²) in [5.41, 5.74) is 2.07. The zero-order valence-electron chi connectivity index (χ0n) is 19.4. The van der Waals surface area contributed by atoms with Gasteiger partial charge in [-0.1, -0.05) is 55.2 Å². The van der Waals surface area contributed by atoms with Gasteiger partial charge >= 0.3 is 0 Å². The molecule has 0 aliphatic carbocycles. The van der Waals surface area contributed by atoms with E-state index in [9.17, 15) is 4.79 Å². The van der Waals surface area contributed by atoms with Gasteiger partial charge in [0, 0.05) is 37.6 Å². The number of nitrogens with zero attached hydrogens (tertiary/aromatic N) is 2. The minimum absolute atomic E-state index is 0.0119. The van der Waals surface area contributed by atoms with Crippen LogP contribution in [-0.4, -0.2) is 48.6 Å². The molecular formula is C26H32Cl2N2O3. The van der Waals surface area contributed by atoms with Gasteiger partial charge < -0.3 is 14.4 Å². The molecule has 0 unspecified atom stereocenters. The predicted octanol–water partition coefficient (Wildman–Crippen LogP) is 5.66. The molecule has 4 rings (SSSR count). The van der Waals surface area contributed by atoms with Gasteiger partial charge in [-0.3, -0.25) is 9.69 Å². The van der Waals surface area contributed by atoms with E-state index in [-0.39, 0.29) is 11.8 Å². The predicted molar refractivity (Wildman–Crippen MR) is 132 cm³/mol. The maximum absolute atomic E-state index is 13.6. The molecule has 0 N–H and O–H groups in total. The van der Waals surface area contributed by atoms with E-state index in [1.807, 2.05) is 35.2 Å². The van der Waals surface area contributed by atoms with Crippen LogP contribution >= 0.6 is 23.2 Å². The number of rotatable bonds is 7. The Bertz CT molecular complexity index is 982. The number of hydrogen-bond donors (Lipinski definition) is 0. The lowest BCUT2D eigenvalue weighted by molar-refractivity contribution is -0.136. The minimum atomic E-state index is -0.0119. The summed E-state index contributed by atoms with van der Waals surface area (Å²) in [7, 11) is 0. The van der Waals surface area contributed by atoms with Crippen molar-refractivity contribution in [2.45, 2.75) is 39.8 Å². The van der Waals surface area contributed by atoms with E-state index < -0.39 is 0 Å².